The lowest BCUT2D eigenvalue weighted by molar-refractivity contribution is 0.172. The van der Waals surface area contributed by atoms with E-state index >= 15 is 0 Å². The van der Waals surface area contributed by atoms with Gasteiger partial charge in [0.25, 0.3) is 0 Å². The third kappa shape index (κ3) is 2.38. The molecule has 0 saturated heterocycles. The summed E-state index contributed by atoms with van der Waals surface area (Å²) in [6, 6.07) is 0. The monoisotopic (exact) mass is 266 g/mol. The van der Waals surface area contributed by atoms with Crippen molar-refractivity contribution in [2.45, 2.75) is 50.0 Å². The van der Waals surface area contributed by atoms with E-state index in [9.17, 15) is 0 Å². The second-order valence-corrected chi connectivity index (χ2v) is 6.66. The summed E-state index contributed by atoms with van der Waals surface area (Å²) in [5, 5.41) is 4.52. The van der Waals surface area contributed by atoms with Gasteiger partial charge in [0, 0.05) is 29.5 Å². The van der Waals surface area contributed by atoms with E-state index in [2.05, 4.69) is 33.7 Å². The van der Waals surface area contributed by atoms with Crippen LogP contribution in [-0.4, -0.2) is 40.4 Å². The van der Waals surface area contributed by atoms with Crippen molar-refractivity contribution in [1.29, 1.82) is 0 Å². The Morgan fingerprint density at radius 1 is 1.33 bits per heavy atom. The summed E-state index contributed by atoms with van der Waals surface area (Å²) in [6.45, 7) is 0.999. The number of nitrogens with one attached hydrogen (secondary N) is 1. The predicted molar refractivity (Wildman–Crippen MR) is 75.3 cm³/mol. The van der Waals surface area contributed by atoms with E-state index in [-0.39, 0.29) is 0 Å². The summed E-state index contributed by atoms with van der Waals surface area (Å²) >= 11 is 1.52. The van der Waals surface area contributed by atoms with Gasteiger partial charge in [-0.05, 0) is 39.8 Å². The Morgan fingerprint density at radius 3 is 2.67 bits per heavy atom. The summed E-state index contributed by atoms with van der Waals surface area (Å²) in [6.07, 6.45) is 7.84. The summed E-state index contributed by atoms with van der Waals surface area (Å²) in [5.74, 6) is 1.72. The minimum atomic E-state index is 0.325. The first-order valence-corrected chi connectivity index (χ1v) is 7.72. The summed E-state index contributed by atoms with van der Waals surface area (Å²) in [5.41, 5.74) is 0.325. The number of rotatable bonds is 5. The first kappa shape index (κ1) is 12.4. The van der Waals surface area contributed by atoms with E-state index < -0.39 is 0 Å². The van der Waals surface area contributed by atoms with Crippen LogP contribution in [0, 0.1) is 0 Å². The minimum absolute atomic E-state index is 0.325. The maximum Gasteiger partial charge on any atom is 0.202 e. The first-order valence-electron chi connectivity index (χ1n) is 6.94. The van der Waals surface area contributed by atoms with Crippen LogP contribution in [0.1, 0.15) is 50.3 Å². The normalized spacial score (nSPS) is 22.6. The summed E-state index contributed by atoms with van der Waals surface area (Å²) in [4.78, 5) is 6.99. The molecular formula is C13H22N4S. The quantitative estimate of drug-likeness (QED) is 0.889. The Morgan fingerprint density at radius 2 is 2.06 bits per heavy atom. The fourth-order valence-electron chi connectivity index (χ4n) is 2.87. The molecule has 1 aromatic rings. The number of likely N-dealkylation sites (N-methyl/N-ethyl adjacent to an activating group) is 1. The van der Waals surface area contributed by atoms with Gasteiger partial charge in [-0.15, -0.1) is 0 Å². The zero-order valence-corrected chi connectivity index (χ0v) is 12.1. The van der Waals surface area contributed by atoms with Crippen LogP contribution in [0.4, 0.5) is 5.13 Å². The molecule has 0 aliphatic heterocycles. The molecule has 1 N–H and O–H groups in total. The number of nitrogens with zero attached hydrogens (tertiary/aromatic N) is 3. The van der Waals surface area contributed by atoms with Gasteiger partial charge < -0.3 is 10.2 Å². The molecule has 100 valence electrons. The van der Waals surface area contributed by atoms with E-state index in [0.717, 1.165) is 17.5 Å². The molecule has 4 nitrogen and oxygen atoms in total. The Bertz CT molecular complexity index is 405. The molecule has 0 bridgehead atoms. The topological polar surface area (TPSA) is 41.0 Å². The van der Waals surface area contributed by atoms with Crippen LogP contribution in [0.2, 0.25) is 0 Å². The Labute approximate surface area is 113 Å². The van der Waals surface area contributed by atoms with Gasteiger partial charge in [0.1, 0.15) is 5.82 Å². The second-order valence-electron chi connectivity index (χ2n) is 5.91. The highest BCUT2D eigenvalue weighted by Crippen LogP contribution is 2.39. The molecule has 5 heteroatoms. The van der Waals surface area contributed by atoms with Crippen molar-refractivity contribution in [3.8, 4) is 0 Å². The van der Waals surface area contributed by atoms with Crippen LogP contribution < -0.4 is 5.32 Å². The van der Waals surface area contributed by atoms with Crippen molar-refractivity contribution < 1.29 is 0 Å². The van der Waals surface area contributed by atoms with Gasteiger partial charge in [-0.3, -0.25) is 0 Å². The second kappa shape index (κ2) is 4.78. The van der Waals surface area contributed by atoms with Gasteiger partial charge in [-0.25, -0.2) is 4.98 Å². The SMILES string of the molecule is CN(C)C1(CNc2nc(C3CC3)ns2)CCCC1. The summed E-state index contributed by atoms with van der Waals surface area (Å²) in [7, 11) is 4.39. The van der Waals surface area contributed by atoms with E-state index in [1.54, 1.807) is 0 Å². The molecule has 2 fully saturated rings. The maximum atomic E-state index is 4.60. The van der Waals surface area contributed by atoms with Crippen molar-refractivity contribution in [2.75, 3.05) is 26.0 Å². The molecular weight excluding hydrogens is 244 g/mol. The highest BCUT2D eigenvalue weighted by Gasteiger charge is 2.36. The van der Waals surface area contributed by atoms with Crippen molar-refractivity contribution in [3.63, 3.8) is 0 Å². The average molecular weight is 266 g/mol. The molecule has 0 amide bonds. The third-order valence-corrected chi connectivity index (χ3v) is 5.12. The number of hydrogen-bond acceptors (Lipinski definition) is 5. The lowest BCUT2D eigenvalue weighted by atomic mass is 9.96. The van der Waals surface area contributed by atoms with Crippen LogP contribution >= 0.6 is 11.5 Å². The molecule has 0 atom stereocenters. The zero-order chi connectivity index (χ0) is 12.6. The third-order valence-electron chi connectivity index (χ3n) is 4.44. The highest BCUT2D eigenvalue weighted by molar-refractivity contribution is 7.09. The standard InChI is InChI=1S/C13H22N4S/c1-17(2)13(7-3-4-8-13)9-14-12-15-11(16-18-12)10-5-6-10/h10H,3-9H2,1-2H3,(H,14,15,16). The molecule has 0 spiro atoms. The molecule has 0 aromatic carbocycles. The predicted octanol–water partition coefficient (Wildman–Crippen LogP) is 2.70. The van der Waals surface area contributed by atoms with Crippen molar-refractivity contribution in [1.82, 2.24) is 14.3 Å². The van der Waals surface area contributed by atoms with Crippen LogP contribution in [0.15, 0.2) is 0 Å². The van der Waals surface area contributed by atoms with Gasteiger partial charge in [0.05, 0.1) is 0 Å². The van der Waals surface area contributed by atoms with Crippen LogP contribution in [-0.2, 0) is 0 Å². The van der Waals surface area contributed by atoms with E-state index in [4.69, 9.17) is 0 Å². The molecule has 2 saturated carbocycles. The molecule has 2 aliphatic carbocycles. The Kier molecular flexibility index (Phi) is 3.28. The molecule has 0 radical (unpaired) electrons. The van der Waals surface area contributed by atoms with E-state index in [0.29, 0.717) is 11.5 Å². The van der Waals surface area contributed by atoms with Gasteiger partial charge in [-0.2, -0.15) is 4.37 Å². The molecule has 0 unspecified atom stereocenters. The number of anilines is 1. The molecule has 1 aromatic heterocycles. The van der Waals surface area contributed by atoms with E-state index in [1.807, 2.05) is 0 Å². The van der Waals surface area contributed by atoms with Gasteiger partial charge in [0.2, 0.25) is 5.13 Å². The van der Waals surface area contributed by atoms with Gasteiger partial charge in [-0.1, -0.05) is 12.8 Å². The minimum Gasteiger partial charge on any atom is -0.358 e. The van der Waals surface area contributed by atoms with Crippen LogP contribution in [0.3, 0.4) is 0 Å². The molecule has 3 rings (SSSR count). The van der Waals surface area contributed by atoms with Gasteiger partial charge in [0.15, 0.2) is 0 Å². The van der Waals surface area contributed by atoms with Crippen LogP contribution in [0.25, 0.3) is 0 Å². The summed E-state index contributed by atoms with van der Waals surface area (Å²) < 4.78 is 4.45. The Balaban J connectivity index is 1.61. The van der Waals surface area contributed by atoms with Crippen molar-refractivity contribution >= 4 is 16.7 Å². The number of hydrogen-bond donors (Lipinski definition) is 1. The van der Waals surface area contributed by atoms with Crippen molar-refractivity contribution in [3.05, 3.63) is 5.82 Å². The highest BCUT2D eigenvalue weighted by atomic mass is 32.1. The fourth-order valence-corrected chi connectivity index (χ4v) is 3.51. The zero-order valence-electron chi connectivity index (χ0n) is 11.3. The largest absolute Gasteiger partial charge is 0.358 e. The maximum absolute atomic E-state index is 4.60. The lowest BCUT2D eigenvalue weighted by Crippen LogP contribution is -2.47. The van der Waals surface area contributed by atoms with E-state index in [1.165, 1.54) is 50.1 Å². The molecule has 2 aliphatic rings. The Hall–Kier alpha value is -0.680. The molecule has 1 heterocycles. The van der Waals surface area contributed by atoms with Gasteiger partial charge >= 0.3 is 0 Å². The average Bonchev–Trinajstić information content (AvgIpc) is 2.93. The number of aromatic nitrogens is 2. The fraction of sp³-hybridized carbons (Fsp3) is 0.846. The van der Waals surface area contributed by atoms with Crippen LogP contribution in [0.5, 0.6) is 0 Å². The smallest absolute Gasteiger partial charge is 0.202 e. The first-order chi connectivity index (χ1) is 8.70. The lowest BCUT2D eigenvalue weighted by Gasteiger charge is -2.36. The molecule has 18 heavy (non-hydrogen) atoms. The van der Waals surface area contributed by atoms with Crippen molar-refractivity contribution in [2.24, 2.45) is 0 Å².